The maximum absolute atomic E-state index is 12.1. The van der Waals surface area contributed by atoms with E-state index < -0.39 is 0 Å². The first kappa shape index (κ1) is 17.7. The fourth-order valence-corrected chi connectivity index (χ4v) is 2.86. The van der Waals surface area contributed by atoms with Crippen molar-refractivity contribution in [3.05, 3.63) is 35.9 Å². The lowest BCUT2D eigenvalue weighted by Crippen LogP contribution is -2.31. The van der Waals surface area contributed by atoms with Crippen LogP contribution < -0.4 is 0 Å². The number of carbonyl (C=O) groups excluding carboxylic acids is 2. The van der Waals surface area contributed by atoms with Crippen molar-refractivity contribution in [2.75, 3.05) is 20.2 Å². The molecule has 1 saturated heterocycles. The zero-order chi connectivity index (χ0) is 16.5. The topological polar surface area (TPSA) is 46.6 Å². The van der Waals surface area contributed by atoms with Gasteiger partial charge in [-0.2, -0.15) is 0 Å². The molecular formula is C19H27NO3. The van der Waals surface area contributed by atoms with Gasteiger partial charge in [0.2, 0.25) is 5.91 Å². The third-order valence-corrected chi connectivity index (χ3v) is 4.38. The second-order valence-electron chi connectivity index (χ2n) is 6.24. The molecule has 4 nitrogen and oxygen atoms in total. The Kier molecular flexibility index (Phi) is 7.27. The molecule has 1 aromatic rings. The lowest BCUT2D eigenvalue weighted by Gasteiger charge is -2.25. The maximum atomic E-state index is 12.1. The van der Waals surface area contributed by atoms with Gasteiger partial charge in [0.15, 0.2) is 5.78 Å². The van der Waals surface area contributed by atoms with Gasteiger partial charge in [0.1, 0.15) is 0 Å². The Morgan fingerprint density at radius 3 is 2.65 bits per heavy atom. The van der Waals surface area contributed by atoms with E-state index in [9.17, 15) is 9.59 Å². The quantitative estimate of drug-likeness (QED) is 0.690. The first-order valence-electron chi connectivity index (χ1n) is 8.60. The van der Waals surface area contributed by atoms with Crippen molar-refractivity contribution in [3.8, 4) is 0 Å². The number of rotatable bonds is 8. The summed E-state index contributed by atoms with van der Waals surface area (Å²) in [6, 6.07) is 9.26. The minimum atomic E-state index is 0.108. The minimum absolute atomic E-state index is 0.108. The average molecular weight is 317 g/mol. The molecule has 1 heterocycles. The van der Waals surface area contributed by atoms with Crippen LogP contribution in [0.4, 0.5) is 0 Å². The van der Waals surface area contributed by atoms with Gasteiger partial charge in [-0.3, -0.25) is 9.59 Å². The van der Waals surface area contributed by atoms with Gasteiger partial charge in [-0.25, -0.2) is 0 Å². The number of benzene rings is 1. The smallest absolute Gasteiger partial charge is 0.222 e. The standard InChI is InChI=1S/C19H27NO3/c1-20(14-13-17-10-5-6-15-23-17)19(22)12-7-11-18(21)16-8-3-2-4-9-16/h2-4,8-9,17H,5-7,10-15H2,1H3. The number of ketones is 1. The molecule has 1 aliphatic heterocycles. The molecule has 1 atom stereocenters. The van der Waals surface area contributed by atoms with E-state index in [4.69, 9.17) is 4.74 Å². The summed E-state index contributed by atoms with van der Waals surface area (Å²) in [4.78, 5) is 25.9. The Balaban J connectivity index is 1.62. The van der Waals surface area contributed by atoms with E-state index in [1.54, 1.807) is 4.90 Å². The van der Waals surface area contributed by atoms with Crippen molar-refractivity contribution < 1.29 is 14.3 Å². The molecule has 0 bridgehead atoms. The van der Waals surface area contributed by atoms with Crippen LogP contribution in [0.15, 0.2) is 30.3 Å². The second kappa shape index (κ2) is 9.46. The highest BCUT2D eigenvalue weighted by atomic mass is 16.5. The molecule has 4 heteroatoms. The van der Waals surface area contributed by atoms with E-state index in [0.717, 1.165) is 38.0 Å². The van der Waals surface area contributed by atoms with E-state index >= 15 is 0 Å². The predicted molar refractivity (Wildman–Crippen MR) is 90.5 cm³/mol. The lowest BCUT2D eigenvalue weighted by molar-refractivity contribution is -0.130. The van der Waals surface area contributed by atoms with Crippen molar-refractivity contribution in [1.82, 2.24) is 4.90 Å². The zero-order valence-corrected chi connectivity index (χ0v) is 14.0. The lowest BCUT2D eigenvalue weighted by atomic mass is 10.0. The summed E-state index contributed by atoms with van der Waals surface area (Å²) in [5.41, 5.74) is 0.725. The molecule has 0 aliphatic carbocycles. The maximum Gasteiger partial charge on any atom is 0.222 e. The molecule has 0 N–H and O–H groups in total. The van der Waals surface area contributed by atoms with Crippen LogP contribution in [-0.2, 0) is 9.53 Å². The number of amides is 1. The van der Waals surface area contributed by atoms with Crippen molar-refractivity contribution in [3.63, 3.8) is 0 Å². The largest absolute Gasteiger partial charge is 0.378 e. The highest BCUT2D eigenvalue weighted by Crippen LogP contribution is 2.16. The second-order valence-corrected chi connectivity index (χ2v) is 6.24. The molecule has 0 radical (unpaired) electrons. The summed E-state index contributed by atoms with van der Waals surface area (Å²) >= 11 is 0. The van der Waals surface area contributed by atoms with Gasteiger partial charge in [-0.15, -0.1) is 0 Å². The number of hydrogen-bond acceptors (Lipinski definition) is 3. The molecule has 1 fully saturated rings. The van der Waals surface area contributed by atoms with E-state index in [1.807, 2.05) is 37.4 Å². The molecule has 23 heavy (non-hydrogen) atoms. The average Bonchev–Trinajstić information content (AvgIpc) is 2.61. The Labute approximate surface area is 138 Å². The number of Topliss-reactive ketones (excluding diaryl/α,β-unsaturated/α-hetero) is 1. The summed E-state index contributed by atoms with van der Waals surface area (Å²) in [5, 5.41) is 0. The highest BCUT2D eigenvalue weighted by molar-refractivity contribution is 5.96. The molecule has 126 valence electrons. The number of nitrogens with zero attached hydrogens (tertiary/aromatic N) is 1. The Hall–Kier alpha value is -1.68. The summed E-state index contributed by atoms with van der Waals surface area (Å²) in [5.74, 6) is 0.221. The molecule has 2 rings (SSSR count). The molecule has 0 aromatic heterocycles. The van der Waals surface area contributed by atoms with Gasteiger partial charge in [0.25, 0.3) is 0 Å². The first-order valence-corrected chi connectivity index (χ1v) is 8.60. The molecule has 1 aromatic carbocycles. The molecule has 1 amide bonds. The van der Waals surface area contributed by atoms with Crippen LogP contribution in [0, 0.1) is 0 Å². The Bertz CT molecular complexity index is 495. The zero-order valence-electron chi connectivity index (χ0n) is 14.0. The fraction of sp³-hybridized carbons (Fsp3) is 0.579. The van der Waals surface area contributed by atoms with Crippen LogP contribution in [0.3, 0.4) is 0 Å². The third-order valence-electron chi connectivity index (χ3n) is 4.38. The van der Waals surface area contributed by atoms with Gasteiger partial charge in [-0.05, 0) is 32.1 Å². The van der Waals surface area contributed by atoms with E-state index in [-0.39, 0.29) is 11.7 Å². The normalized spacial score (nSPS) is 17.7. The number of carbonyl (C=O) groups is 2. The van der Waals surface area contributed by atoms with E-state index in [2.05, 4.69) is 0 Å². The van der Waals surface area contributed by atoms with Crippen molar-refractivity contribution in [2.45, 2.75) is 51.0 Å². The summed E-state index contributed by atoms with van der Waals surface area (Å²) in [7, 11) is 1.84. The van der Waals surface area contributed by atoms with E-state index in [1.165, 1.54) is 6.42 Å². The number of hydrogen-bond donors (Lipinski definition) is 0. The summed E-state index contributed by atoms with van der Waals surface area (Å²) < 4.78 is 5.69. The van der Waals surface area contributed by atoms with Gasteiger partial charge in [0.05, 0.1) is 6.10 Å². The first-order chi connectivity index (χ1) is 11.2. The Morgan fingerprint density at radius 1 is 1.17 bits per heavy atom. The van der Waals surface area contributed by atoms with Gasteiger partial charge in [0, 0.05) is 38.6 Å². The van der Waals surface area contributed by atoms with Gasteiger partial charge >= 0.3 is 0 Å². The molecule has 0 spiro atoms. The molecular weight excluding hydrogens is 290 g/mol. The minimum Gasteiger partial charge on any atom is -0.378 e. The highest BCUT2D eigenvalue weighted by Gasteiger charge is 2.16. The van der Waals surface area contributed by atoms with Gasteiger partial charge < -0.3 is 9.64 Å². The number of ether oxygens (including phenoxy) is 1. The van der Waals surface area contributed by atoms with Crippen LogP contribution in [0.1, 0.15) is 55.3 Å². The van der Waals surface area contributed by atoms with Crippen molar-refractivity contribution in [1.29, 1.82) is 0 Å². The Morgan fingerprint density at radius 2 is 1.96 bits per heavy atom. The van der Waals surface area contributed by atoms with Gasteiger partial charge in [-0.1, -0.05) is 30.3 Å². The van der Waals surface area contributed by atoms with Crippen LogP contribution in [0.25, 0.3) is 0 Å². The van der Waals surface area contributed by atoms with Crippen LogP contribution in [0.2, 0.25) is 0 Å². The fourth-order valence-electron chi connectivity index (χ4n) is 2.86. The monoisotopic (exact) mass is 317 g/mol. The SMILES string of the molecule is CN(CCC1CCCCO1)C(=O)CCCC(=O)c1ccccc1. The van der Waals surface area contributed by atoms with Crippen LogP contribution >= 0.6 is 0 Å². The van der Waals surface area contributed by atoms with E-state index in [0.29, 0.717) is 25.4 Å². The van der Waals surface area contributed by atoms with Crippen LogP contribution in [-0.4, -0.2) is 42.9 Å². The summed E-state index contributed by atoms with van der Waals surface area (Å²) in [6.07, 6.45) is 6.16. The molecule has 1 unspecified atom stereocenters. The molecule has 0 saturated carbocycles. The van der Waals surface area contributed by atoms with Crippen LogP contribution in [0.5, 0.6) is 0 Å². The summed E-state index contributed by atoms with van der Waals surface area (Å²) in [6.45, 7) is 1.58. The van der Waals surface area contributed by atoms with Crippen molar-refractivity contribution in [2.24, 2.45) is 0 Å². The molecule has 1 aliphatic rings. The van der Waals surface area contributed by atoms with Crippen molar-refractivity contribution >= 4 is 11.7 Å². The third kappa shape index (κ3) is 6.14. The predicted octanol–water partition coefficient (Wildman–Crippen LogP) is 3.46.